The average molecular weight is 408 g/mol. The number of thiophene rings is 1. The minimum absolute atomic E-state index is 0.0385. The molecular weight excluding hydrogens is 389 g/mol. The second-order valence-electron chi connectivity index (χ2n) is 6.58. The van der Waals surface area contributed by atoms with Crippen LogP contribution in [0.15, 0.2) is 15.5 Å². The van der Waals surface area contributed by atoms with Crippen LogP contribution < -0.4 is 0 Å². The summed E-state index contributed by atoms with van der Waals surface area (Å²) < 4.78 is 70.6. The summed E-state index contributed by atoms with van der Waals surface area (Å²) in [5, 5.41) is 3.49. The molecule has 0 aromatic carbocycles. The Labute approximate surface area is 153 Å². The molecular formula is C16H19F3N2O3S2. The first-order valence-electron chi connectivity index (χ1n) is 8.16. The lowest BCUT2D eigenvalue weighted by molar-refractivity contribution is -0.155. The van der Waals surface area contributed by atoms with Crippen molar-refractivity contribution in [3.05, 3.63) is 21.6 Å². The van der Waals surface area contributed by atoms with Crippen LogP contribution in [0.4, 0.5) is 13.2 Å². The molecule has 1 aliphatic rings. The van der Waals surface area contributed by atoms with Gasteiger partial charge in [-0.15, -0.1) is 11.3 Å². The normalized spacial score (nSPS) is 17.8. The predicted octanol–water partition coefficient (Wildman–Crippen LogP) is 4.46. The maximum Gasteiger partial charge on any atom is 0.452 e. The number of hydrogen-bond acceptors (Lipinski definition) is 5. The number of hydrogen-bond donors (Lipinski definition) is 0. The first-order chi connectivity index (χ1) is 12.0. The molecule has 0 radical (unpaired) electrons. The van der Waals surface area contributed by atoms with Crippen LogP contribution >= 0.6 is 11.3 Å². The fourth-order valence-electron chi connectivity index (χ4n) is 3.15. The van der Waals surface area contributed by atoms with Gasteiger partial charge in [0.05, 0.1) is 0 Å². The van der Waals surface area contributed by atoms with Crippen molar-refractivity contribution in [1.29, 1.82) is 0 Å². The fourth-order valence-corrected chi connectivity index (χ4v) is 6.45. The SMILES string of the molecule is Cc1sc(C)c(S(=O)(=O)N2CCC(C)CC2)c1-c1cc(C(F)(F)F)on1. The number of rotatable bonds is 3. The fraction of sp³-hybridized carbons (Fsp3) is 0.562. The van der Waals surface area contributed by atoms with Crippen LogP contribution in [0.2, 0.25) is 0 Å². The topological polar surface area (TPSA) is 63.4 Å². The van der Waals surface area contributed by atoms with E-state index in [1.165, 1.54) is 15.6 Å². The summed E-state index contributed by atoms with van der Waals surface area (Å²) in [7, 11) is -3.82. The van der Waals surface area contributed by atoms with Crippen LogP contribution in [0.3, 0.4) is 0 Å². The Hall–Kier alpha value is -1.39. The molecule has 1 aliphatic heterocycles. The molecule has 26 heavy (non-hydrogen) atoms. The van der Waals surface area contributed by atoms with Gasteiger partial charge in [-0.3, -0.25) is 0 Å². The lowest BCUT2D eigenvalue weighted by Crippen LogP contribution is -2.38. The zero-order chi connectivity index (χ0) is 19.3. The van der Waals surface area contributed by atoms with E-state index in [2.05, 4.69) is 16.6 Å². The highest BCUT2D eigenvalue weighted by atomic mass is 32.2. The molecule has 0 bridgehead atoms. The quantitative estimate of drug-likeness (QED) is 0.752. The van der Waals surface area contributed by atoms with Gasteiger partial charge in [0.2, 0.25) is 15.8 Å². The van der Waals surface area contributed by atoms with Crippen LogP contribution in [-0.4, -0.2) is 31.0 Å². The zero-order valence-electron chi connectivity index (χ0n) is 14.6. The van der Waals surface area contributed by atoms with Crippen LogP contribution in [0.1, 0.15) is 35.3 Å². The van der Waals surface area contributed by atoms with Crippen molar-refractivity contribution >= 4 is 21.4 Å². The average Bonchev–Trinajstić information content (AvgIpc) is 3.11. The largest absolute Gasteiger partial charge is 0.452 e. The van der Waals surface area contributed by atoms with Gasteiger partial charge in [-0.05, 0) is 32.6 Å². The Kier molecular flexibility index (Phi) is 4.95. The van der Waals surface area contributed by atoms with Crippen LogP contribution in [0.25, 0.3) is 11.3 Å². The van der Waals surface area contributed by atoms with E-state index in [0.717, 1.165) is 18.9 Å². The van der Waals surface area contributed by atoms with Gasteiger partial charge in [-0.1, -0.05) is 12.1 Å². The molecule has 0 spiro atoms. The number of alkyl halides is 3. The van der Waals surface area contributed by atoms with E-state index in [1.54, 1.807) is 13.8 Å². The van der Waals surface area contributed by atoms with Crippen molar-refractivity contribution < 1.29 is 26.1 Å². The van der Waals surface area contributed by atoms with E-state index in [9.17, 15) is 21.6 Å². The number of nitrogens with zero attached hydrogens (tertiary/aromatic N) is 2. The van der Waals surface area contributed by atoms with Gasteiger partial charge in [-0.2, -0.15) is 17.5 Å². The lowest BCUT2D eigenvalue weighted by Gasteiger charge is -2.29. The molecule has 2 aromatic rings. The Morgan fingerprint density at radius 2 is 1.85 bits per heavy atom. The molecule has 10 heteroatoms. The third kappa shape index (κ3) is 3.41. The van der Waals surface area contributed by atoms with Crippen molar-refractivity contribution in [3.63, 3.8) is 0 Å². The summed E-state index contributed by atoms with van der Waals surface area (Å²) in [5.41, 5.74) is 0.0912. The molecule has 0 amide bonds. The van der Waals surface area contributed by atoms with Crippen molar-refractivity contribution in [2.45, 2.75) is 44.7 Å². The van der Waals surface area contributed by atoms with E-state index in [-0.39, 0.29) is 16.2 Å². The van der Waals surface area contributed by atoms with Crippen LogP contribution in [-0.2, 0) is 16.2 Å². The summed E-state index contributed by atoms with van der Waals surface area (Å²) in [6.45, 7) is 6.22. The molecule has 0 unspecified atom stereocenters. The monoisotopic (exact) mass is 408 g/mol. The molecule has 3 heterocycles. The van der Waals surface area contributed by atoms with Crippen molar-refractivity contribution in [3.8, 4) is 11.3 Å². The third-order valence-corrected chi connectivity index (χ3v) is 7.81. The predicted molar refractivity (Wildman–Crippen MR) is 91.4 cm³/mol. The first kappa shape index (κ1) is 19.4. The molecule has 5 nitrogen and oxygen atoms in total. The van der Waals surface area contributed by atoms with Gasteiger partial charge in [0.25, 0.3) is 0 Å². The number of aryl methyl sites for hydroxylation is 2. The second kappa shape index (κ2) is 6.65. The molecule has 3 rings (SSSR count). The van der Waals surface area contributed by atoms with Crippen molar-refractivity contribution in [2.75, 3.05) is 13.1 Å². The number of aromatic nitrogens is 1. The molecule has 0 atom stereocenters. The summed E-state index contributed by atoms with van der Waals surface area (Å²) in [4.78, 5) is 1.16. The summed E-state index contributed by atoms with van der Waals surface area (Å²) in [6, 6.07) is 0.756. The number of halogens is 3. The molecule has 2 aromatic heterocycles. The Morgan fingerprint density at radius 3 is 2.38 bits per heavy atom. The molecule has 1 fully saturated rings. The highest BCUT2D eigenvalue weighted by Gasteiger charge is 2.38. The van der Waals surface area contributed by atoms with E-state index in [4.69, 9.17) is 0 Å². The highest BCUT2D eigenvalue weighted by molar-refractivity contribution is 7.89. The van der Waals surface area contributed by atoms with Gasteiger partial charge in [0.1, 0.15) is 10.6 Å². The maximum atomic E-state index is 13.2. The number of piperidine rings is 1. The van der Waals surface area contributed by atoms with Gasteiger partial charge < -0.3 is 4.52 Å². The maximum absolute atomic E-state index is 13.2. The van der Waals surface area contributed by atoms with Gasteiger partial charge in [0, 0.05) is 34.5 Å². The molecule has 0 N–H and O–H groups in total. The molecule has 144 valence electrons. The molecule has 0 aliphatic carbocycles. The van der Waals surface area contributed by atoms with Crippen LogP contribution in [0.5, 0.6) is 0 Å². The summed E-state index contributed by atoms with van der Waals surface area (Å²) in [5.74, 6) is -0.790. The third-order valence-electron chi connectivity index (χ3n) is 4.59. The standard InChI is InChI=1S/C16H19F3N2O3S2/c1-9-4-6-21(7-5-9)26(22,23)15-11(3)25-10(2)14(15)12-8-13(24-20-12)16(17,18)19/h8-9H,4-7H2,1-3H3. The molecule has 0 saturated carbocycles. The smallest absolute Gasteiger partial charge is 0.351 e. The van der Waals surface area contributed by atoms with E-state index < -0.39 is 22.0 Å². The lowest BCUT2D eigenvalue weighted by atomic mass is 10.0. The summed E-state index contributed by atoms with van der Waals surface area (Å²) in [6.07, 6.45) is -3.15. The first-order valence-corrected chi connectivity index (χ1v) is 10.4. The van der Waals surface area contributed by atoms with E-state index in [0.29, 0.717) is 28.8 Å². The number of sulfonamides is 1. The van der Waals surface area contributed by atoms with Crippen LogP contribution in [0, 0.1) is 19.8 Å². The zero-order valence-corrected chi connectivity index (χ0v) is 16.2. The highest BCUT2D eigenvalue weighted by Crippen LogP contribution is 2.42. The Bertz CT molecular complexity index is 908. The Morgan fingerprint density at radius 1 is 1.23 bits per heavy atom. The minimum atomic E-state index is -4.67. The van der Waals surface area contributed by atoms with E-state index in [1.807, 2.05) is 0 Å². The van der Waals surface area contributed by atoms with Gasteiger partial charge in [0.15, 0.2) is 0 Å². The summed E-state index contributed by atoms with van der Waals surface area (Å²) >= 11 is 1.23. The second-order valence-corrected chi connectivity index (χ2v) is 9.88. The van der Waals surface area contributed by atoms with Crippen molar-refractivity contribution in [2.24, 2.45) is 5.92 Å². The molecule has 1 saturated heterocycles. The van der Waals surface area contributed by atoms with Crippen molar-refractivity contribution in [1.82, 2.24) is 9.46 Å². The van der Waals surface area contributed by atoms with Gasteiger partial charge >= 0.3 is 6.18 Å². The van der Waals surface area contributed by atoms with Gasteiger partial charge in [-0.25, -0.2) is 8.42 Å². The van der Waals surface area contributed by atoms with E-state index >= 15 is 0 Å². The minimum Gasteiger partial charge on any atom is -0.351 e. The Balaban J connectivity index is 2.08.